The molecule has 35 heavy (non-hydrogen) atoms. The van der Waals surface area contributed by atoms with Crippen molar-refractivity contribution in [3.63, 3.8) is 0 Å². The van der Waals surface area contributed by atoms with Gasteiger partial charge in [-0.05, 0) is 66.9 Å². The zero-order chi connectivity index (χ0) is 25.2. The van der Waals surface area contributed by atoms with Crippen LogP contribution < -0.4 is 15.0 Å². The van der Waals surface area contributed by atoms with Crippen LogP contribution in [0.5, 0.6) is 5.75 Å². The largest absolute Gasteiger partial charge is 0.490 e. The van der Waals surface area contributed by atoms with E-state index >= 15 is 0 Å². The summed E-state index contributed by atoms with van der Waals surface area (Å²) in [6.07, 6.45) is 1.66. The molecule has 0 radical (unpaired) electrons. The van der Waals surface area contributed by atoms with Gasteiger partial charge in [0.1, 0.15) is 12.4 Å². The van der Waals surface area contributed by atoms with Crippen LogP contribution in [0.3, 0.4) is 0 Å². The first-order valence-electron chi connectivity index (χ1n) is 11.4. The van der Waals surface area contributed by atoms with Crippen molar-refractivity contribution >= 4 is 35.3 Å². The van der Waals surface area contributed by atoms with Crippen molar-refractivity contribution in [3.05, 3.63) is 58.1 Å². The molecule has 0 aliphatic carbocycles. The maximum absolute atomic E-state index is 12.7. The van der Waals surface area contributed by atoms with E-state index in [4.69, 9.17) is 31.3 Å². The van der Waals surface area contributed by atoms with Crippen molar-refractivity contribution < 1.29 is 34.1 Å². The Kier molecular flexibility index (Phi) is 9.75. The third-order valence-corrected chi connectivity index (χ3v) is 5.80. The maximum Gasteiger partial charge on any atom is 0.414 e. The zero-order valence-corrected chi connectivity index (χ0v) is 20.1. The zero-order valence-electron chi connectivity index (χ0n) is 19.3. The van der Waals surface area contributed by atoms with E-state index in [0.717, 1.165) is 42.9 Å². The van der Waals surface area contributed by atoms with Gasteiger partial charge in [-0.25, -0.2) is 4.79 Å². The number of rotatable bonds is 6. The summed E-state index contributed by atoms with van der Waals surface area (Å²) in [5, 5.41) is 19.9. The number of carbonyl (C=O) groups is 3. The van der Waals surface area contributed by atoms with Crippen molar-refractivity contribution in [2.75, 3.05) is 37.7 Å². The van der Waals surface area contributed by atoms with Gasteiger partial charge in [0.2, 0.25) is 0 Å². The summed E-state index contributed by atoms with van der Waals surface area (Å²) in [4.78, 5) is 33.6. The van der Waals surface area contributed by atoms with Gasteiger partial charge in [0.15, 0.2) is 0 Å². The Morgan fingerprint density at radius 3 is 2.37 bits per heavy atom. The minimum absolute atomic E-state index is 0.296. The molecule has 188 valence electrons. The average molecular weight is 505 g/mol. The fourth-order valence-electron chi connectivity index (χ4n) is 3.81. The number of aliphatic carboxylic acids is 2. The van der Waals surface area contributed by atoms with E-state index in [2.05, 4.69) is 17.4 Å². The quantitative estimate of drug-likeness (QED) is 0.545. The summed E-state index contributed by atoms with van der Waals surface area (Å²) < 4.78 is 11.3. The highest BCUT2D eigenvalue weighted by molar-refractivity contribution is 6.30. The highest BCUT2D eigenvalue weighted by atomic mass is 35.5. The first kappa shape index (κ1) is 26.3. The van der Waals surface area contributed by atoms with Gasteiger partial charge in [-0.1, -0.05) is 23.7 Å². The second kappa shape index (κ2) is 13.0. The van der Waals surface area contributed by atoms with Gasteiger partial charge in [-0.3, -0.25) is 14.5 Å². The minimum atomic E-state index is -1.08. The Morgan fingerprint density at radius 1 is 1.03 bits per heavy atom. The van der Waals surface area contributed by atoms with Gasteiger partial charge in [-0.2, -0.15) is 0 Å². The lowest BCUT2D eigenvalue weighted by molar-refractivity contribution is -0.143. The molecule has 0 fully saturated rings. The lowest BCUT2D eigenvalue weighted by Crippen LogP contribution is -2.38. The molecule has 2 aliphatic rings. The number of carbonyl (C=O) groups excluding carboxylic acids is 1. The van der Waals surface area contributed by atoms with E-state index in [9.17, 15) is 14.4 Å². The maximum atomic E-state index is 12.7. The topological polar surface area (TPSA) is 125 Å². The van der Waals surface area contributed by atoms with Crippen LogP contribution in [-0.2, 0) is 33.6 Å². The molecule has 0 unspecified atom stereocenters. The molecular weight excluding hydrogens is 476 g/mol. The Morgan fingerprint density at radius 2 is 1.71 bits per heavy atom. The van der Waals surface area contributed by atoms with Crippen LogP contribution in [0.25, 0.3) is 0 Å². The number of nitrogens with zero attached hydrogens (tertiary/aromatic N) is 1. The second-order valence-electron chi connectivity index (χ2n) is 8.12. The molecule has 3 N–H and O–H groups in total. The number of hydrogen-bond donors (Lipinski definition) is 3. The van der Waals surface area contributed by atoms with Crippen molar-refractivity contribution in [3.8, 4) is 5.75 Å². The molecule has 2 heterocycles. The van der Waals surface area contributed by atoms with E-state index < -0.39 is 11.9 Å². The number of carboxylic acids is 2. The van der Waals surface area contributed by atoms with Gasteiger partial charge in [0.25, 0.3) is 0 Å². The molecule has 2 aliphatic heterocycles. The predicted molar refractivity (Wildman–Crippen MR) is 131 cm³/mol. The van der Waals surface area contributed by atoms with Crippen molar-refractivity contribution in [2.24, 2.45) is 0 Å². The molecule has 0 atom stereocenters. The molecule has 0 bridgehead atoms. The number of nitrogens with one attached hydrogen (secondary N) is 1. The third kappa shape index (κ3) is 8.15. The smallest absolute Gasteiger partial charge is 0.414 e. The number of carboxylic acid groups (broad SMARTS) is 2. The fraction of sp³-hybridized carbons (Fsp3) is 0.400. The van der Waals surface area contributed by atoms with Crippen LogP contribution in [0, 0.1) is 0 Å². The summed E-state index contributed by atoms with van der Waals surface area (Å²) in [7, 11) is 0. The minimum Gasteiger partial charge on any atom is -0.490 e. The first-order valence-corrected chi connectivity index (χ1v) is 11.8. The molecular formula is C25H29ClN2O7. The molecule has 0 spiro atoms. The first-order chi connectivity index (χ1) is 16.8. The lowest BCUT2D eigenvalue weighted by Gasteiger charge is -2.30. The number of ether oxygens (including phenoxy) is 2. The number of anilines is 1. The van der Waals surface area contributed by atoms with Gasteiger partial charge < -0.3 is 25.0 Å². The molecule has 2 aromatic rings. The highest BCUT2D eigenvalue weighted by Gasteiger charge is 2.26. The van der Waals surface area contributed by atoms with Crippen LogP contribution in [-0.4, -0.2) is 61.1 Å². The van der Waals surface area contributed by atoms with E-state index in [1.807, 2.05) is 24.3 Å². The Labute approximate surface area is 208 Å². The average Bonchev–Trinajstić information content (AvgIpc) is 3.06. The summed E-state index contributed by atoms with van der Waals surface area (Å²) >= 11 is 6.00. The van der Waals surface area contributed by atoms with Crippen LogP contribution >= 0.6 is 11.6 Å². The molecule has 0 saturated carbocycles. The third-order valence-electron chi connectivity index (χ3n) is 5.57. The fourth-order valence-corrected chi connectivity index (χ4v) is 4.03. The number of amides is 1. The van der Waals surface area contributed by atoms with Crippen LogP contribution in [0.4, 0.5) is 10.5 Å². The summed E-state index contributed by atoms with van der Waals surface area (Å²) in [6, 6.07) is 11.8. The number of hydrogen-bond acceptors (Lipinski definition) is 6. The predicted octanol–water partition coefficient (Wildman–Crippen LogP) is 3.54. The Bertz CT molecular complexity index is 1050. The number of halogens is 1. The van der Waals surface area contributed by atoms with Crippen LogP contribution in [0.1, 0.15) is 29.5 Å². The molecule has 10 heteroatoms. The lowest BCUT2D eigenvalue weighted by atomic mass is 10.0. The van der Waals surface area contributed by atoms with Crippen molar-refractivity contribution in [1.82, 2.24) is 5.32 Å². The van der Waals surface area contributed by atoms with Gasteiger partial charge in [0.05, 0.1) is 31.7 Å². The summed E-state index contributed by atoms with van der Waals surface area (Å²) in [5.74, 6) is -1.38. The van der Waals surface area contributed by atoms with Gasteiger partial charge in [-0.15, -0.1) is 0 Å². The monoisotopic (exact) mass is 504 g/mol. The van der Waals surface area contributed by atoms with E-state index in [0.29, 0.717) is 31.2 Å². The number of fused-ring (bicyclic) bond motifs is 2. The normalized spacial score (nSPS) is 14.3. The highest BCUT2D eigenvalue weighted by Crippen LogP contribution is 2.35. The van der Waals surface area contributed by atoms with E-state index in [-0.39, 0.29) is 18.9 Å². The molecule has 0 aromatic heterocycles. The van der Waals surface area contributed by atoms with Gasteiger partial charge >= 0.3 is 18.0 Å². The second-order valence-corrected chi connectivity index (χ2v) is 8.56. The molecule has 0 saturated heterocycles. The molecule has 1 amide bonds. The molecule has 2 aromatic carbocycles. The summed E-state index contributed by atoms with van der Waals surface area (Å²) in [5.41, 5.74) is 4.45. The van der Waals surface area contributed by atoms with E-state index in [1.54, 1.807) is 4.90 Å². The van der Waals surface area contributed by atoms with Crippen molar-refractivity contribution in [2.45, 2.75) is 32.1 Å². The van der Waals surface area contributed by atoms with Crippen LogP contribution in [0.2, 0.25) is 5.02 Å². The Hall–Kier alpha value is -3.30. The van der Waals surface area contributed by atoms with Gasteiger partial charge in [0, 0.05) is 11.4 Å². The van der Waals surface area contributed by atoms with Crippen molar-refractivity contribution in [1.29, 1.82) is 0 Å². The molecule has 9 nitrogen and oxygen atoms in total. The SMILES string of the molecule is O=C(O)CCC(=O)O.O=C(OCCc1cccc(Cl)c1)N1CCOc2cc3c(cc21)CCNCC3. The summed E-state index contributed by atoms with van der Waals surface area (Å²) in [6.45, 7) is 3.23. The Balaban J connectivity index is 0.000000371. The molecule has 4 rings (SSSR count). The van der Waals surface area contributed by atoms with E-state index in [1.165, 1.54) is 11.1 Å². The standard InChI is InChI=1S/C21H23ClN2O3.C4H6O4/c22-18-3-1-2-15(12-18)6-10-27-21(25)24-9-11-26-20-14-17-5-8-23-7-4-16(17)13-19(20)24;5-3(6)1-2-4(7)8/h1-3,12-14,23H,4-11H2;1-2H2,(H,5,6)(H,7,8). The number of benzene rings is 2. The van der Waals surface area contributed by atoms with Crippen LogP contribution in [0.15, 0.2) is 36.4 Å².